The zero-order valence-electron chi connectivity index (χ0n) is 13.6. The van der Waals surface area contributed by atoms with Gasteiger partial charge in [0.25, 0.3) is 5.91 Å². The Labute approximate surface area is 142 Å². The fourth-order valence-electron chi connectivity index (χ4n) is 1.90. The number of aryl methyl sites for hydroxylation is 1. The van der Waals surface area contributed by atoms with Crippen molar-refractivity contribution >= 4 is 11.7 Å². The molecule has 7 nitrogen and oxygen atoms in total. The summed E-state index contributed by atoms with van der Waals surface area (Å²) in [5.41, 5.74) is 0.811. The minimum Gasteiger partial charge on any atom is -0.508 e. The number of anilines is 1. The first-order chi connectivity index (χ1) is 11.8. The van der Waals surface area contributed by atoms with Crippen LogP contribution in [0.2, 0.25) is 0 Å². The third-order valence-corrected chi connectivity index (χ3v) is 2.97. The van der Waals surface area contributed by atoms with Gasteiger partial charge < -0.3 is 19.9 Å². The lowest BCUT2D eigenvalue weighted by atomic mass is 10.2. The van der Waals surface area contributed by atoms with E-state index in [0.29, 0.717) is 5.69 Å². The van der Waals surface area contributed by atoms with Gasteiger partial charge in [-0.1, -0.05) is 0 Å². The van der Waals surface area contributed by atoms with Gasteiger partial charge in [0.2, 0.25) is 0 Å². The molecule has 9 heteroatoms. The number of aromatic hydroxyl groups is 1. The lowest BCUT2D eigenvalue weighted by molar-refractivity contribution is -0.142. The molecule has 2 N–H and O–H groups in total. The van der Waals surface area contributed by atoms with Gasteiger partial charge in [-0.05, 0) is 26.0 Å². The van der Waals surface area contributed by atoms with Crippen molar-refractivity contribution in [3.05, 3.63) is 41.9 Å². The summed E-state index contributed by atoms with van der Waals surface area (Å²) in [6.45, 7) is 0.0466. The first-order valence-electron chi connectivity index (χ1n) is 7.34. The fraction of sp³-hybridized carbons (Fsp3) is 0.312. The van der Waals surface area contributed by atoms with Gasteiger partial charge in [0, 0.05) is 11.6 Å². The number of halogens is 2. The van der Waals surface area contributed by atoms with Gasteiger partial charge in [-0.15, -0.1) is 0 Å². The SMILES string of the molecule is Cc1cnc(NC(=O)c2cc(O)cc(OC(C)COC(F)F)c2)cn1. The van der Waals surface area contributed by atoms with E-state index in [1.165, 1.54) is 37.5 Å². The molecule has 0 aliphatic carbocycles. The molecule has 0 saturated carbocycles. The lowest BCUT2D eigenvalue weighted by Crippen LogP contribution is -2.21. The predicted octanol–water partition coefficient (Wildman–Crippen LogP) is 2.75. The van der Waals surface area contributed by atoms with E-state index in [1.54, 1.807) is 6.92 Å². The minimum absolute atomic E-state index is 0.111. The first kappa shape index (κ1) is 18.5. The number of hydrogen-bond acceptors (Lipinski definition) is 6. The third kappa shape index (κ3) is 5.96. The molecule has 0 aliphatic rings. The number of nitrogens with zero attached hydrogens (tertiary/aromatic N) is 2. The van der Waals surface area contributed by atoms with E-state index in [2.05, 4.69) is 20.0 Å². The molecule has 0 aliphatic heterocycles. The monoisotopic (exact) mass is 353 g/mol. The zero-order chi connectivity index (χ0) is 18.4. The molecule has 1 amide bonds. The van der Waals surface area contributed by atoms with Crippen LogP contribution in [-0.2, 0) is 4.74 Å². The fourth-order valence-corrected chi connectivity index (χ4v) is 1.90. The minimum atomic E-state index is -2.90. The van der Waals surface area contributed by atoms with Crippen LogP contribution in [0.25, 0.3) is 0 Å². The van der Waals surface area contributed by atoms with Crippen molar-refractivity contribution in [2.75, 3.05) is 11.9 Å². The van der Waals surface area contributed by atoms with Crippen molar-refractivity contribution in [2.45, 2.75) is 26.6 Å². The maximum absolute atomic E-state index is 12.2. The maximum Gasteiger partial charge on any atom is 0.345 e. The number of rotatable bonds is 7. The van der Waals surface area contributed by atoms with E-state index in [1.807, 2.05) is 0 Å². The number of aromatic nitrogens is 2. The van der Waals surface area contributed by atoms with E-state index in [-0.39, 0.29) is 29.5 Å². The van der Waals surface area contributed by atoms with E-state index in [4.69, 9.17) is 4.74 Å². The van der Waals surface area contributed by atoms with Gasteiger partial charge in [0.1, 0.15) is 17.6 Å². The summed E-state index contributed by atoms with van der Waals surface area (Å²) in [4.78, 5) is 20.2. The van der Waals surface area contributed by atoms with Gasteiger partial charge in [-0.3, -0.25) is 9.78 Å². The van der Waals surface area contributed by atoms with E-state index in [9.17, 15) is 18.7 Å². The van der Waals surface area contributed by atoms with E-state index < -0.39 is 18.6 Å². The number of phenols is 1. The normalized spacial score (nSPS) is 12.0. The Balaban J connectivity index is 2.06. The second kappa shape index (κ2) is 8.34. The molecule has 1 heterocycles. The van der Waals surface area contributed by atoms with Crippen molar-refractivity contribution in [2.24, 2.45) is 0 Å². The second-order valence-electron chi connectivity index (χ2n) is 5.24. The van der Waals surface area contributed by atoms with E-state index >= 15 is 0 Å². The Morgan fingerprint density at radius 3 is 2.68 bits per heavy atom. The van der Waals surface area contributed by atoms with Crippen LogP contribution in [0.4, 0.5) is 14.6 Å². The molecule has 1 atom stereocenters. The van der Waals surface area contributed by atoms with Crippen molar-refractivity contribution in [3.8, 4) is 11.5 Å². The van der Waals surface area contributed by atoms with Crippen LogP contribution in [-0.4, -0.2) is 40.3 Å². The molecular weight excluding hydrogens is 336 g/mol. The summed E-state index contributed by atoms with van der Waals surface area (Å²) in [5.74, 6) is -0.347. The standard InChI is InChI=1S/C16H17F2N3O4/c1-9-6-20-14(7-19-9)21-15(23)11-3-12(22)5-13(4-11)25-10(2)8-24-16(17)18/h3-7,10,16,22H,8H2,1-2H3,(H,20,21,23). The number of carbonyl (C=O) groups is 1. The summed E-state index contributed by atoms with van der Waals surface area (Å²) < 4.78 is 33.6. The Morgan fingerprint density at radius 2 is 2.04 bits per heavy atom. The van der Waals surface area contributed by atoms with Crippen LogP contribution in [0.5, 0.6) is 11.5 Å². The van der Waals surface area contributed by atoms with Gasteiger partial charge in [-0.2, -0.15) is 8.78 Å². The maximum atomic E-state index is 12.2. The number of amides is 1. The Kier molecular flexibility index (Phi) is 6.18. The van der Waals surface area contributed by atoms with Crippen molar-refractivity contribution < 1.29 is 28.2 Å². The van der Waals surface area contributed by atoms with E-state index in [0.717, 1.165) is 0 Å². The molecular formula is C16H17F2N3O4. The average Bonchev–Trinajstić information content (AvgIpc) is 2.54. The molecule has 0 saturated heterocycles. The number of carbonyl (C=O) groups excluding carboxylic acids is 1. The number of ether oxygens (including phenoxy) is 2. The Bertz CT molecular complexity index is 726. The number of hydrogen-bond donors (Lipinski definition) is 2. The largest absolute Gasteiger partial charge is 0.508 e. The summed E-state index contributed by atoms with van der Waals surface area (Å²) in [5, 5.41) is 12.3. The Morgan fingerprint density at radius 1 is 1.28 bits per heavy atom. The first-order valence-corrected chi connectivity index (χ1v) is 7.34. The predicted molar refractivity (Wildman–Crippen MR) is 84.9 cm³/mol. The second-order valence-corrected chi connectivity index (χ2v) is 5.24. The summed E-state index contributed by atoms with van der Waals surface area (Å²) in [7, 11) is 0. The van der Waals surface area contributed by atoms with Crippen molar-refractivity contribution in [1.82, 2.24) is 9.97 Å². The van der Waals surface area contributed by atoms with Crippen molar-refractivity contribution in [3.63, 3.8) is 0 Å². The van der Waals surface area contributed by atoms with Crippen LogP contribution in [0.15, 0.2) is 30.6 Å². The van der Waals surface area contributed by atoms with Crippen LogP contribution in [0.3, 0.4) is 0 Å². The van der Waals surface area contributed by atoms with Gasteiger partial charge in [-0.25, -0.2) is 4.98 Å². The number of phenolic OH excluding ortho intramolecular Hbond substituents is 1. The third-order valence-electron chi connectivity index (χ3n) is 2.97. The van der Waals surface area contributed by atoms with Crippen LogP contribution >= 0.6 is 0 Å². The highest BCUT2D eigenvalue weighted by molar-refractivity contribution is 6.04. The quantitative estimate of drug-likeness (QED) is 0.795. The van der Waals surface area contributed by atoms with Crippen LogP contribution < -0.4 is 10.1 Å². The molecule has 0 radical (unpaired) electrons. The van der Waals surface area contributed by atoms with Crippen LogP contribution in [0, 0.1) is 6.92 Å². The van der Waals surface area contributed by atoms with Gasteiger partial charge >= 0.3 is 6.61 Å². The van der Waals surface area contributed by atoms with Gasteiger partial charge in [0.15, 0.2) is 5.82 Å². The van der Waals surface area contributed by atoms with Crippen molar-refractivity contribution in [1.29, 1.82) is 0 Å². The topological polar surface area (TPSA) is 93.6 Å². The molecule has 134 valence electrons. The highest BCUT2D eigenvalue weighted by atomic mass is 19.3. The molecule has 1 aromatic heterocycles. The number of alkyl halides is 2. The molecule has 0 fully saturated rings. The molecule has 1 unspecified atom stereocenters. The number of nitrogens with one attached hydrogen (secondary N) is 1. The number of benzene rings is 1. The molecule has 2 rings (SSSR count). The summed E-state index contributed by atoms with van der Waals surface area (Å²) in [6.07, 6.45) is 2.20. The average molecular weight is 353 g/mol. The molecule has 1 aromatic carbocycles. The molecule has 2 aromatic rings. The van der Waals surface area contributed by atoms with Gasteiger partial charge in [0.05, 0.1) is 24.7 Å². The summed E-state index contributed by atoms with van der Waals surface area (Å²) in [6, 6.07) is 3.88. The zero-order valence-corrected chi connectivity index (χ0v) is 13.6. The summed E-state index contributed by atoms with van der Waals surface area (Å²) >= 11 is 0. The molecule has 0 bridgehead atoms. The lowest BCUT2D eigenvalue weighted by Gasteiger charge is -2.15. The van der Waals surface area contributed by atoms with Crippen LogP contribution in [0.1, 0.15) is 23.0 Å². The Hall–Kier alpha value is -2.81. The highest BCUT2D eigenvalue weighted by Gasteiger charge is 2.13. The molecule has 0 spiro atoms. The highest BCUT2D eigenvalue weighted by Crippen LogP contribution is 2.23. The smallest absolute Gasteiger partial charge is 0.345 e. The molecule has 25 heavy (non-hydrogen) atoms.